The van der Waals surface area contributed by atoms with Crippen LogP contribution in [0.15, 0.2) is 0 Å². The standard InChI is InChI=1S/K.2H3O4P/c;2*1-5(2,3)4/h;2*(H3,1,2,3,4)/q+1;;/p-1. The second-order valence-corrected chi connectivity index (χ2v) is 2.68. The predicted octanol–water partition coefficient (Wildman–Crippen LogP) is -8.08. The van der Waals surface area contributed by atoms with Crippen LogP contribution in [0.4, 0.5) is 0 Å². The molecule has 0 spiro atoms. The van der Waals surface area contributed by atoms with Crippen LogP contribution in [0.5, 0.6) is 0 Å². The summed E-state index contributed by atoms with van der Waals surface area (Å²) in [5, 5.41) is 0. The van der Waals surface area contributed by atoms with Gasteiger partial charge in [-0.1, -0.05) is 0 Å². The smallest absolute Gasteiger partial charge is 0.822 e. The molecule has 0 bridgehead atoms. The molecule has 0 unspecified atom stereocenters. The molecule has 0 N–H and O–H groups in total. The Balaban J connectivity index is -0.00000000970. The molecule has 64 valence electrons. The van der Waals surface area contributed by atoms with Gasteiger partial charge in [-0.3, -0.25) is 0 Å². The Hall–Kier alpha value is 1.86. The Kier molecular flexibility index (Phi) is 12.3. The first-order chi connectivity index (χ1) is 4.00. The van der Waals surface area contributed by atoms with Crippen molar-refractivity contribution in [2.75, 3.05) is 0 Å². The average Bonchev–Trinajstić information content (AvgIpc) is 1.12. The minimum absolute atomic E-state index is 0. The molecule has 0 atom stereocenters. The Morgan fingerprint density at radius 1 is 0.727 bits per heavy atom. The second kappa shape index (κ2) is 7.28. The van der Waals surface area contributed by atoms with E-state index in [9.17, 15) is 0 Å². The fourth-order valence-corrected chi connectivity index (χ4v) is 0. The second-order valence-electron chi connectivity index (χ2n) is 0.894. The van der Waals surface area contributed by atoms with Crippen LogP contribution in [0.2, 0.25) is 0 Å². The zero-order valence-electron chi connectivity index (χ0n) is 10.2. The molecule has 0 saturated heterocycles. The maximum atomic E-state index is 8.55. The summed E-state index contributed by atoms with van der Waals surface area (Å²) in [5.41, 5.74) is 0. The summed E-state index contributed by atoms with van der Waals surface area (Å²) in [6.07, 6.45) is 0. The van der Waals surface area contributed by atoms with Crippen molar-refractivity contribution in [2.45, 2.75) is 0 Å². The van der Waals surface area contributed by atoms with E-state index >= 15 is 0 Å². The van der Waals surface area contributed by atoms with Crippen molar-refractivity contribution in [1.29, 1.82) is 0 Å². The van der Waals surface area contributed by atoms with E-state index in [1.54, 1.807) is 0 Å². The van der Waals surface area contributed by atoms with Crippen LogP contribution >= 0.6 is 15.6 Å². The van der Waals surface area contributed by atoms with Gasteiger partial charge >= 0.3 is 58.5 Å². The first kappa shape index (κ1) is 18.6. The van der Waals surface area contributed by atoms with Gasteiger partial charge in [0, 0.05) is 0 Å². The third kappa shape index (κ3) is 334. The Morgan fingerprint density at radius 3 is 0.727 bits per heavy atom. The van der Waals surface area contributed by atoms with Crippen molar-refractivity contribution in [3.8, 4) is 0 Å². The summed E-state index contributed by atoms with van der Waals surface area (Å²) >= 11 is 0. The van der Waals surface area contributed by atoms with Crippen LogP contribution < -0.4 is 80.7 Å². The third-order valence-corrected chi connectivity index (χ3v) is 0. The first-order valence-electron chi connectivity index (χ1n) is 1.46. The molecule has 8 nitrogen and oxygen atoms in total. The normalized spacial score (nSPS) is 10.7. The summed E-state index contributed by atoms with van der Waals surface area (Å²) in [4.78, 5) is 51.3. The summed E-state index contributed by atoms with van der Waals surface area (Å²) in [5.74, 6) is 0. The number of hydrogen-bond donors (Lipinski definition) is 0. The van der Waals surface area contributed by atoms with Gasteiger partial charge in [0.15, 0.2) is 0 Å². The van der Waals surface area contributed by atoms with Gasteiger partial charge in [0.05, 0.1) is 0 Å². The number of phosphoric acid groups is 2. The van der Waals surface area contributed by atoms with E-state index in [1.807, 2.05) is 0 Å². The van der Waals surface area contributed by atoms with Crippen molar-refractivity contribution in [3.63, 3.8) is 0 Å². The quantitative estimate of drug-likeness (QED) is 0.293. The molecule has 0 rings (SSSR count). The molecule has 0 aromatic rings. The molecular weight excluding hydrogens is 229 g/mol. The van der Waals surface area contributed by atoms with Gasteiger partial charge in [0.1, 0.15) is 0 Å². The minimum atomic E-state index is -5.39. The van der Waals surface area contributed by atoms with E-state index in [0.717, 1.165) is 0 Å². The zero-order valence-corrected chi connectivity index (χ0v) is 10.1. The number of hydrogen-bond acceptors (Lipinski definition) is 8. The van der Waals surface area contributed by atoms with Crippen LogP contribution in [0.1, 0.15) is 7.13 Å². The van der Waals surface area contributed by atoms with E-state index < -0.39 is 15.6 Å². The maximum Gasteiger partial charge on any atom is 1.00 e. The molecule has 0 fully saturated rings. The van der Waals surface area contributed by atoms with E-state index in [0.29, 0.717) is 0 Å². The van der Waals surface area contributed by atoms with E-state index in [-0.39, 0.29) is 58.5 Å². The van der Waals surface area contributed by atoms with Crippen molar-refractivity contribution < 1.29 is 97.0 Å². The first-order valence-corrected chi connectivity index (χ1v) is 4.38. The Labute approximate surface area is 112 Å². The third-order valence-electron chi connectivity index (χ3n) is 0. The summed E-state index contributed by atoms with van der Waals surface area (Å²) < 4.78 is 17.1. The molecule has 0 aromatic carbocycles. The number of rotatable bonds is 0. The van der Waals surface area contributed by atoms with Gasteiger partial charge in [-0.15, -0.1) is 0 Å². The fourth-order valence-electron chi connectivity index (χ4n) is 0. The molecule has 11 heteroatoms. The zero-order chi connectivity index (χ0) is 9.00. The molecule has 11 heavy (non-hydrogen) atoms. The van der Waals surface area contributed by atoms with Crippen LogP contribution in [-0.2, 0) is 9.13 Å². The summed E-state index contributed by atoms with van der Waals surface area (Å²) in [6.45, 7) is 0. The maximum absolute atomic E-state index is 8.55. The van der Waals surface area contributed by atoms with Gasteiger partial charge in [0.2, 0.25) is 0 Å². The molecule has 0 aromatic heterocycles. The summed E-state index contributed by atoms with van der Waals surface area (Å²) in [7, 11) is -10.8. The largest absolute Gasteiger partial charge is 1.00 e. The average molecular weight is 234 g/mol. The van der Waals surface area contributed by atoms with Gasteiger partial charge in [-0.25, -0.2) is 0 Å². The van der Waals surface area contributed by atoms with Gasteiger partial charge in [-0.2, -0.15) is 15.6 Å². The molecule has 0 radical (unpaired) electrons. The van der Waals surface area contributed by atoms with Crippen LogP contribution in [0.3, 0.4) is 0 Å². The topological polar surface area (TPSA) is 172 Å². The molecule has 0 saturated carbocycles. The van der Waals surface area contributed by atoms with Crippen molar-refractivity contribution >= 4 is 15.6 Å². The molecule has 0 aliphatic carbocycles. The van der Waals surface area contributed by atoms with Gasteiger partial charge in [0.25, 0.3) is 0 Å². The van der Waals surface area contributed by atoms with Crippen LogP contribution in [0.25, 0.3) is 0 Å². The Bertz CT molecular complexity index is 139. The van der Waals surface area contributed by atoms with Gasteiger partial charge < -0.3 is 38.5 Å². The molecule has 0 aliphatic heterocycles. The van der Waals surface area contributed by atoms with E-state index in [1.165, 1.54) is 0 Å². The van der Waals surface area contributed by atoms with E-state index in [4.69, 9.17) is 38.5 Å². The monoisotopic (exact) mass is 234 g/mol. The summed E-state index contributed by atoms with van der Waals surface area (Å²) in [6, 6.07) is 0. The predicted molar refractivity (Wildman–Crippen MR) is 20.8 cm³/mol. The van der Waals surface area contributed by atoms with Gasteiger partial charge in [-0.05, 0) is 0 Å². The molecule has 0 aliphatic rings. The van der Waals surface area contributed by atoms with Crippen LogP contribution in [-0.4, -0.2) is 0 Å². The van der Waals surface area contributed by atoms with Crippen LogP contribution in [0, 0.1) is 0 Å². The minimum Gasteiger partial charge on any atom is -0.822 e. The fraction of sp³-hybridized carbons (Fsp3) is 0. The van der Waals surface area contributed by atoms with Crippen molar-refractivity contribution in [1.82, 2.24) is 0 Å². The van der Waals surface area contributed by atoms with Crippen molar-refractivity contribution in [2.24, 2.45) is 0 Å². The molecular formula is H5KO8P2. The molecule has 0 amide bonds. The SMILES string of the molecule is O=P([O-])([O-])[O-].O=P([O-])([O-])[O-].[H+].[H+].[H+].[H+].[H+].[K+]. The van der Waals surface area contributed by atoms with E-state index in [2.05, 4.69) is 0 Å². The molecule has 0 heterocycles. The Morgan fingerprint density at radius 2 is 0.727 bits per heavy atom. The van der Waals surface area contributed by atoms with Crippen molar-refractivity contribution in [3.05, 3.63) is 0 Å².